The molecule has 0 N–H and O–H groups in total. The van der Waals surface area contributed by atoms with E-state index in [1.165, 1.54) is 5.56 Å². The van der Waals surface area contributed by atoms with Gasteiger partial charge in [0.15, 0.2) is 0 Å². The summed E-state index contributed by atoms with van der Waals surface area (Å²) in [6.45, 7) is 6.51. The topological polar surface area (TPSA) is 13.1 Å². The third-order valence-corrected chi connectivity index (χ3v) is 8.29. The zero-order valence-electron chi connectivity index (χ0n) is 32.1. The van der Waals surface area contributed by atoms with Crippen molar-refractivity contribution < 1.29 is 15.4 Å². The Bertz CT molecular complexity index is 2660. The molecule has 1 nitrogen and oxygen atoms in total. The number of para-hydroxylation sites is 1. The molecule has 1 heterocycles. The van der Waals surface area contributed by atoms with Crippen molar-refractivity contribution in [2.45, 2.75) is 26.2 Å². The molecular formula is C42H32O. The normalized spacial score (nSPS) is 14.7. The molecule has 0 aliphatic rings. The molecule has 0 fully saturated rings. The summed E-state index contributed by atoms with van der Waals surface area (Å²) in [5.41, 5.74) is 5.97. The third kappa shape index (κ3) is 4.07. The maximum atomic E-state index is 9.31. The smallest absolute Gasteiger partial charge is 0.143 e. The Hall–Kier alpha value is -5.14. The second-order valence-electron chi connectivity index (χ2n) is 11.9. The van der Waals surface area contributed by atoms with Crippen molar-refractivity contribution >= 4 is 43.5 Å². The van der Waals surface area contributed by atoms with Gasteiger partial charge in [-0.05, 0) is 66.4 Å². The number of hydrogen-bond donors (Lipinski definition) is 0. The summed E-state index contributed by atoms with van der Waals surface area (Å²) in [5.74, 6) is 0. The van der Waals surface area contributed by atoms with Crippen LogP contribution in [0.4, 0.5) is 0 Å². The SMILES string of the molecule is [2H]c1c([2H])c([2H])c2c(-c3cccc4oc5c(-c6ccc(C(C)(C)C)cc6)cccc5c34)c3c([2H])c([2H])c([2H])c([2H])c3c(-c3ccccc3)c2c1[2H]. The average Bonchev–Trinajstić information content (AvgIpc) is 3.53. The highest BCUT2D eigenvalue weighted by Crippen LogP contribution is 2.47. The first-order chi connectivity index (χ1) is 24.3. The average molecular weight is 561 g/mol. The van der Waals surface area contributed by atoms with Gasteiger partial charge in [0.1, 0.15) is 11.2 Å². The standard InChI is InChI=1S/C42H32O/c1-42(2,3)29-25-23-27(24-26-29)30-19-11-21-36-40-35(20-12-22-37(40)43-41(30)36)39-33-17-9-7-15-31(33)38(28-13-5-4-6-14-28)32-16-8-10-18-34(32)39/h4-26H,1-3H3/i7D,8D,9D,10D,15D,16D,17D,18D. The minimum Gasteiger partial charge on any atom is -0.455 e. The van der Waals surface area contributed by atoms with Crippen molar-refractivity contribution in [3.8, 4) is 33.4 Å². The Kier molecular flexibility index (Phi) is 4.16. The number of benzene rings is 7. The Morgan fingerprint density at radius 2 is 1.09 bits per heavy atom. The Morgan fingerprint density at radius 3 is 1.72 bits per heavy atom. The minimum atomic E-state index is -0.432. The van der Waals surface area contributed by atoms with Crippen LogP contribution in [0.15, 0.2) is 144 Å². The first kappa shape index (κ1) is 18.4. The molecule has 7 aromatic carbocycles. The molecule has 0 amide bonds. The van der Waals surface area contributed by atoms with Gasteiger partial charge in [-0.3, -0.25) is 0 Å². The zero-order chi connectivity index (χ0) is 36.1. The Balaban J connectivity index is 1.58. The van der Waals surface area contributed by atoms with Crippen molar-refractivity contribution in [1.82, 2.24) is 0 Å². The third-order valence-electron chi connectivity index (χ3n) is 8.29. The van der Waals surface area contributed by atoms with Gasteiger partial charge >= 0.3 is 0 Å². The van der Waals surface area contributed by atoms with Crippen LogP contribution >= 0.6 is 0 Å². The summed E-state index contributed by atoms with van der Waals surface area (Å²) in [5, 5.41) is 2.17. The van der Waals surface area contributed by atoms with Gasteiger partial charge in [0.2, 0.25) is 0 Å². The lowest BCUT2D eigenvalue weighted by atomic mass is 9.85. The van der Waals surface area contributed by atoms with E-state index in [1.54, 1.807) is 30.3 Å². The van der Waals surface area contributed by atoms with Crippen LogP contribution in [0.1, 0.15) is 37.3 Å². The molecule has 1 aromatic heterocycles. The van der Waals surface area contributed by atoms with Gasteiger partial charge in [-0.1, -0.05) is 154 Å². The van der Waals surface area contributed by atoms with E-state index in [0.717, 1.165) is 16.5 Å². The van der Waals surface area contributed by atoms with Crippen LogP contribution in [0.2, 0.25) is 0 Å². The van der Waals surface area contributed by atoms with E-state index in [1.807, 2.05) is 36.4 Å². The lowest BCUT2D eigenvalue weighted by Gasteiger charge is -2.19. The maximum Gasteiger partial charge on any atom is 0.143 e. The molecule has 0 radical (unpaired) electrons. The van der Waals surface area contributed by atoms with Crippen molar-refractivity contribution in [3.63, 3.8) is 0 Å². The summed E-state index contributed by atoms with van der Waals surface area (Å²) < 4.78 is 78.5. The second-order valence-corrected chi connectivity index (χ2v) is 11.9. The molecule has 8 aromatic rings. The van der Waals surface area contributed by atoms with Crippen molar-refractivity contribution in [2.24, 2.45) is 0 Å². The molecule has 206 valence electrons. The first-order valence-corrected chi connectivity index (χ1v) is 14.4. The van der Waals surface area contributed by atoms with Crippen molar-refractivity contribution in [3.05, 3.63) is 145 Å². The van der Waals surface area contributed by atoms with Crippen LogP contribution in [0.25, 0.3) is 76.9 Å². The predicted molar refractivity (Wildman–Crippen MR) is 184 cm³/mol. The molecule has 0 saturated heterocycles. The lowest BCUT2D eigenvalue weighted by molar-refractivity contribution is 0.590. The fraction of sp³-hybridized carbons (Fsp3) is 0.0952. The molecule has 0 spiro atoms. The highest BCUT2D eigenvalue weighted by atomic mass is 16.3. The van der Waals surface area contributed by atoms with Crippen LogP contribution in [0, 0.1) is 0 Å². The van der Waals surface area contributed by atoms with Crippen LogP contribution in [0.3, 0.4) is 0 Å². The number of hydrogen-bond acceptors (Lipinski definition) is 1. The molecule has 0 aliphatic carbocycles. The van der Waals surface area contributed by atoms with Gasteiger partial charge in [0.05, 0.1) is 11.0 Å². The summed E-state index contributed by atoms with van der Waals surface area (Å²) >= 11 is 0. The van der Waals surface area contributed by atoms with E-state index in [4.69, 9.17) is 9.90 Å². The lowest BCUT2D eigenvalue weighted by Crippen LogP contribution is -2.10. The summed E-state index contributed by atoms with van der Waals surface area (Å²) in [7, 11) is 0. The monoisotopic (exact) mass is 560 g/mol. The van der Waals surface area contributed by atoms with Crippen LogP contribution in [0.5, 0.6) is 0 Å². The molecule has 43 heavy (non-hydrogen) atoms. The van der Waals surface area contributed by atoms with E-state index in [9.17, 15) is 5.48 Å². The van der Waals surface area contributed by atoms with Gasteiger partial charge in [-0.2, -0.15) is 0 Å². The Morgan fingerprint density at radius 1 is 0.512 bits per heavy atom. The van der Waals surface area contributed by atoms with E-state index in [2.05, 4.69) is 45.0 Å². The summed E-state index contributed by atoms with van der Waals surface area (Å²) in [6, 6.07) is 25.9. The Labute approximate surface area is 263 Å². The molecule has 0 saturated carbocycles. The maximum absolute atomic E-state index is 9.31. The quantitative estimate of drug-likeness (QED) is 0.196. The molecule has 8 rings (SSSR count). The predicted octanol–water partition coefficient (Wildman–Crippen LogP) is 12.2. The van der Waals surface area contributed by atoms with Crippen molar-refractivity contribution in [1.29, 1.82) is 0 Å². The molecule has 0 bridgehead atoms. The van der Waals surface area contributed by atoms with E-state index >= 15 is 0 Å². The van der Waals surface area contributed by atoms with Gasteiger partial charge in [0, 0.05) is 16.3 Å². The van der Waals surface area contributed by atoms with Gasteiger partial charge in [-0.15, -0.1) is 0 Å². The number of furan rings is 1. The highest BCUT2D eigenvalue weighted by Gasteiger charge is 2.21. The van der Waals surface area contributed by atoms with Crippen LogP contribution < -0.4 is 0 Å². The fourth-order valence-corrected chi connectivity index (χ4v) is 6.22. The van der Waals surface area contributed by atoms with Gasteiger partial charge < -0.3 is 4.42 Å². The molecule has 0 unspecified atom stereocenters. The first-order valence-electron chi connectivity index (χ1n) is 18.4. The van der Waals surface area contributed by atoms with E-state index < -0.39 is 24.2 Å². The zero-order valence-corrected chi connectivity index (χ0v) is 24.1. The highest BCUT2D eigenvalue weighted by molar-refractivity contribution is 6.26. The largest absolute Gasteiger partial charge is 0.455 e. The fourth-order valence-electron chi connectivity index (χ4n) is 6.22. The van der Waals surface area contributed by atoms with Gasteiger partial charge in [-0.25, -0.2) is 0 Å². The molecular weight excluding hydrogens is 520 g/mol. The minimum absolute atomic E-state index is 0.00900. The van der Waals surface area contributed by atoms with Gasteiger partial charge in [0.25, 0.3) is 0 Å². The molecule has 1 heteroatoms. The van der Waals surface area contributed by atoms with E-state index in [0.29, 0.717) is 38.8 Å². The summed E-state index contributed by atoms with van der Waals surface area (Å²) in [4.78, 5) is 0. The van der Waals surface area contributed by atoms with Crippen LogP contribution in [-0.2, 0) is 5.41 Å². The summed E-state index contributed by atoms with van der Waals surface area (Å²) in [6.07, 6.45) is 0. The molecule has 0 aliphatic heterocycles. The second kappa shape index (κ2) is 9.71. The van der Waals surface area contributed by atoms with Crippen LogP contribution in [-0.4, -0.2) is 0 Å². The van der Waals surface area contributed by atoms with Crippen molar-refractivity contribution in [2.75, 3.05) is 0 Å². The number of fused-ring (bicyclic) bond motifs is 5. The van der Waals surface area contributed by atoms with E-state index in [-0.39, 0.29) is 51.1 Å². The molecule has 0 atom stereocenters. The number of rotatable bonds is 3.